The van der Waals surface area contributed by atoms with Crippen molar-refractivity contribution < 1.29 is 9.47 Å². The molecule has 18 heavy (non-hydrogen) atoms. The van der Waals surface area contributed by atoms with E-state index in [1.807, 2.05) is 31.2 Å². The van der Waals surface area contributed by atoms with E-state index >= 15 is 0 Å². The van der Waals surface area contributed by atoms with Gasteiger partial charge in [0.1, 0.15) is 23.9 Å². The third-order valence-electron chi connectivity index (χ3n) is 2.41. The molecule has 0 atom stereocenters. The number of nitrogens with two attached hydrogens (primary N) is 1. The molecule has 1 aromatic carbocycles. The number of ether oxygens (including phenoxy) is 2. The lowest BCUT2D eigenvalue weighted by Crippen LogP contribution is -2.00. The zero-order valence-corrected chi connectivity index (χ0v) is 10.3. The molecule has 0 radical (unpaired) electrons. The Bertz CT molecular complexity index is 479. The minimum absolute atomic E-state index is 0.397. The van der Waals surface area contributed by atoms with Crippen LogP contribution in [0.3, 0.4) is 0 Å². The van der Waals surface area contributed by atoms with Crippen LogP contribution in [0.4, 0.5) is 0 Å². The van der Waals surface area contributed by atoms with Gasteiger partial charge in [0.25, 0.3) is 0 Å². The highest BCUT2D eigenvalue weighted by Gasteiger charge is 2.01. The van der Waals surface area contributed by atoms with Crippen molar-refractivity contribution in [1.82, 2.24) is 9.97 Å². The van der Waals surface area contributed by atoms with Crippen LogP contribution in [0.1, 0.15) is 18.4 Å². The smallest absolute Gasteiger partial charge is 0.146 e. The number of hydrogen-bond acceptors (Lipinski definition) is 4. The van der Waals surface area contributed by atoms with E-state index < -0.39 is 0 Å². The summed E-state index contributed by atoms with van der Waals surface area (Å²) in [5, 5.41) is 0. The van der Waals surface area contributed by atoms with Gasteiger partial charge >= 0.3 is 0 Å². The van der Waals surface area contributed by atoms with Gasteiger partial charge in [-0.3, -0.25) is 0 Å². The van der Waals surface area contributed by atoms with E-state index in [1.54, 1.807) is 6.20 Å². The lowest BCUT2D eigenvalue weighted by molar-refractivity contribution is 0.295. The van der Waals surface area contributed by atoms with Gasteiger partial charge in [-0.1, -0.05) is 0 Å². The van der Waals surface area contributed by atoms with Crippen molar-refractivity contribution in [3.63, 3.8) is 0 Å². The number of rotatable bonds is 6. The number of benzene rings is 1. The molecular weight excluding hydrogens is 230 g/mol. The molecule has 2 aromatic rings. The summed E-state index contributed by atoms with van der Waals surface area (Å²) in [6, 6.07) is 7.51. The second-order valence-corrected chi connectivity index (χ2v) is 3.75. The van der Waals surface area contributed by atoms with Gasteiger partial charge in [-0.2, -0.15) is 0 Å². The van der Waals surface area contributed by atoms with Crippen molar-refractivity contribution in [2.75, 3.05) is 6.61 Å². The Morgan fingerprint density at radius 2 is 1.83 bits per heavy atom. The van der Waals surface area contributed by atoms with Crippen molar-refractivity contribution in [3.8, 4) is 11.5 Å². The van der Waals surface area contributed by atoms with E-state index in [1.165, 1.54) is 0 Å². The molecule has 0 unspecified atom stereocenters. The van der Waals surface area contributed by atoms with E-state index in [2.05, 4.69) is 9.97 Å². The summed E-state index contributed by atoms with van der Waals surface area (Å²) in [7, 11) is 0. The number of aromatic amines is 1. The molecule has 0 aliphatic carbocycles. The van der Waals surface area contributed by atoms with Gasteiger partial charge < -0.3 is 20.2 Å². The van der Waals surface area contributed by atoms with Crippen molar-refractivity contribution in [2.24, 2.45) is 5.73 Å². The molecule has 1 aromatic heterocycles. The maximum atomic E-state index is 5.59. The summed E-state index contributed by atoms with van der Waals surface area (Å²) in [4.78, 5) is 7.24. The average molecular weight is 247 g/mol. The van der Waals surface area contributed by atoms with Crippen LogP contribution in [0.5, 0.6) is 11.5 Å². The molecule has 2 rings (SSSR count). The lowest BCUT2D eigenvalue weighted by atomic mass is 10.3. The average Bonchev–Trinajstić information content (AvgIpc) is 2.86. The molecule has 96 valence electrons. The van der Waals surface area contributed by atoms with E-state index in [-0.39, 0.29) is 0 Å². The van der Waals surface area contributed by atoms with E-state index in [0.717, 1.165) is 23.0 Å². The van der Waals surface area contributed by atoms with Crippen LogP contribution in [0, 0.1) is 0 Å². The van der Waals surface area contributed by atoms with Crippen LogP contribution < -0.4 is 15.2 Å². The van der Waals surface area contributed by atoms with Gasteiger partial charge in [0, 0.05) is 18.4 Å². The first-order valence-electron chi connectivity index (χ1n) is 5.90. The zero-order valence-electron chi connectivity index (χ0n) is 10.3. The predicted octanol–water partition coefficient (Wildman–Crippen LogP) is 1.85. The summed E-state index contributed by atoms with van der Waals surface area (Å²) in [6.07, 6.45) is 1.72. The molecule has 5 nitrogen and oxygen atoms in total. The number of H-pyrrole nitrogens is 1. The van der Waals surface area contributed by atoms with Gasteiger partial charge in [-0.05, 0) is 31.2 Å². The lowest BCUT2D eigenvalue weighted by Gasteiger charge is -2.06. The fraction of sp³-hybridized carbons (Fsp3) is 0.308. The molecule has 1 heterocycles. The maximum absolute atomic E-state index is 5.59. The van der Waals surface area contributed by atoms with Gasteiger partial charge in [-0.15, -0.1) is 0 Å². The first-order chi connectivity index (χ1) is 8.81. The second kappa shape index (κ2) is 6.07. The SMILES string of the molecule is CCOc1ccc(OCc2ncc(CN)[nH]2)cc1. The van der Waals surface area contributed by atoms with Crippen molar-refractivity contribution in [1.29, 1.82) is 0 Å². The minimum Gasteiger partial charge on any atom is -0.494 e. The first-order valence-corrected chi connectivity index (χ1v) is 5.90. The maximum Gasteiger partial charge on any atom is 0.146 e. The summed E-state index contributed by atoms with van der Waals surface area (Å²) in [5.74, 6) is 2.39. The molecule has 5 heteroatoms. The van der Waals surface area contributed by atoms with Crippen LogP contribution >= 0.6 is 0 Å². The Morgan fingerprint density at radius 3 is 2.39 bits per heavy atom. The second-order valence-electron chi connectivity index (χ2n) is 3.75. The molecule has 0 saturated carbocycles. The van der Waals surface area contributed by atoms with E-state index in [9.17, 15) is 0 Å². The van der Waals surface area contributed by atoms with Crippen LogP contribution in [0.25, 0.3) is 0 Å². The van der Waals surface area contributed by atoms with Crippen molar-refractivity contribution in [3.05, 3.63) is 42.0 Å². The Labute approximate surface area is 106 Å². The number of hydrogen-bond donors (Lipinski definition) is 2. The molecule has 3 N–H and O–H groups in total. The van der Waals surface area contributed by atoms with Crippen molar-refractivity contribution in [2.45, 2.75) is 20.1 Å². The Morgan fingerprint density at radius 1 is 1.17 bits per heavy atom. The highest BCUT2D eigenvalue weighted by Crippen LogP contribution is 2.18. The van der Waals surface area contributed by atoms with Gasteiger partial charge in [0.15, 0.2) is 0 Å². The van der Waals surface area contributed by atoms with Crippen molar-refractivity contribution >= 4 is 0 Å². The van der Waals surface area contributed by atoms with Gasteiger partial charge in [0.2, 0.25) is 0 Å². The molecule has 0 aliphatic rings. The minimum atomic E-state index is 0.397. The Kier molecular flexibility index (Phi) is 4.20. The molecule has 0 bridgehead atoms. The fourth-order valence-electron chi connectivity index (χ4n) is 1.53. The van der Waals surface area contributed by atoms with Gasteiger partial charge in [-0.25, -0.2) is 4.98 Å². The quantitative estimate of drug-likeness (QED) is 0.817. The highest BCUT2D eigenvalue weighted by atomic mass is 16.5. The first kappa shape index (κ1) is 12.4. The largest absolute Gasteiger partial charge is 0.494 e. The number of nitrogens with zero attached hydrogens (tertiary/aromatic N) is 1. The third kappa shape index (κ3) is 3.24. The Balaban J connectivity index is 1.89. The van der Waals surface area contributed by atoms with Crippen LogP contribution in [-0.2, 0) is 13.2 Å². The summed E-state index contributed by atoms with van der Waals surface area (Å²) in [6.45, 7) is 3.47. The summed E-state index contributed by atoms with van der Waals surface area (Å²) in [5.41, 5.74) is 6.39. The molecule has 0 aliphatic heterocycles. The highest BCUT2D eigenvalue weighted by molar-refractivity contribution is 5.31. The summed E-state index contributed by atoms with van der Waals surface area (Å²) >= 11 is 0. The number of aromatic nitrogens is 2. The standard InChI is InChI=1S/C13H17N3O2/c1-2-17-11-3-5-12(6-4-11)18-9-13-15-8-10(7-14)16-13/h3-6,8H,2,7,9,14H2,1H3,(H,15,16). The fourth-order valence-corrected chi connectivity index (χ4v) is 1.53. The number of nitrogens with one attached hydrogen (secondary N) is 1. The normalized spacial score (nSPS) is 10.3. The number of imidazole rings is 1. The monoisotopic (exact) mass is 247 g/mol. The predicted molar refractivity (Wildman–Crippen MR) is 68.4 cm³/mol. The molecule has 0 spiro atoms. The van der Waals surface area contributed by atoms with E-state index in [0.29, 0.717) is 19.8 Å². The van der Waals surface area contributed by atoms with Crippen LogP contribution in [0.2, 0.25) is 0 Å². The van der Waals surface area contributed by atoms with E-state index in [4.69, 9.17) is 15.2 Å². The molecule has 0 saturated heterocycles. The molecular formula is C13H17N3O2. The molecule has 0 fully saturated rings. The van der Waals surface area contributed by atoms with Gasteiger partial charge in [0.05, 0.1) is 6.61 Å². The topological polar surface area (TPSA) is 73.2 Å². The summed E-state index contributed by atoms with van der Waals surface area (Å²) < 4.78 is 10.9. The third-order valence-corrected chi connectivity index (χ3v) is 2.41. The Hall–Kier alpha value is -2.01. The zero-order chi connectivity index (χ0) is 12.8. The molecule has 0 amide bonds. The van der Waals surface area contributed by atoms with Crippen LogP contribution in [-0.4, -0.2) is 16.6 Å². The van der Waals surface area contributed by atoms with Crippen LogP contribution in [0.15, 0.2) is 30.5 Å².